The minimum Gasteiger partial charge on any atom is -0.377 e. The normalized spacial score (nSPS) is 14.5. The number of pyridine rings is 1. The molecule has 0 aromatic carbocycles. The molecule has 3 aromatic rings. The van der Waals surface area contributed by atoms with Gasteiger partial charge in [0, 0.05) is 26.0 Å². The van der Waals surface area contributed by atoms with Gasteiger partial charge in [-0.15, -0.1) is 11.3 Å². The number of nitrogens with one attached hydrogen (secondary N) is 1. The number of aromatic nitrogens is 3. The van der Waals surface area contributed by atoms with Crippen LogP contribution in [0, 0.1) is 0 Å². The van der Waals surface area contributed by atoms with Crippen LogP contribution in [-0.2, 0) is 0 Å². The van der Waals surface area contributed by atoms with E-state index in [0.29, 0.717) is 10.2 Å². The second-order valence-corrected chi connectivity index (χ2v) is 7.42. The summed E-state index contributed by atoms with van der Waals surface area (Å²) in [6.45, 7) is 2.11. The van der Waals surface area contributed by atoms with Gasteiger partial charge in [0.1, 0.15) is 21.4 Å². The zero-order chi connectivity index (χ0) is 17.6. The van der Waals surface area contributed by atoms with Crippen molar-refractivity contribution in [1.82, 2.24) is 14.6 Å². The van der Waals surface area contributed by atoms with Crippen molar-refractivity contribution in [3.05, 3.63) is 52.4 Å². The molecular weight excluding hydrogens is 334 g/mol. The fourth-order valence-electron chi connectivity index (χ4n) is 2.98. The first-order valence-electron chi connectivity index (χ1n) is 8.14. The van der Waals surface area contributed by atoms with Crippen LogP contribution in [0.2, 0.25) is 0 Å². The van der Waals surface area contributed by atoms with E-state index in [0.717, 1.165) is 34.4 Å². The van der Waals surface area contributed by atoms with E-state index in [1.54, 1.807) is 12.5 Å². The molecule has 3 heterocycles. The molecule has 0 aliphatic heterocycles. The highest BCUT2D eigenvalue weighted by Crippen LogP contribution is 2.34. The van der Waals surface area contributed by atoms with Crippen molar-refractivity contribution >= 4 is 37.5 Å². The Balaban J connectivity index is 1.85. The number of nitrogens with zero attached hydrogens (tertiary/aromatic N) is 4. The maximum Gasteiger partial charge on any atom is 0.290 e. The van der Waals surface area contributed by atoms with E-state index in [-0.39, 0.29) is 5.56 Å². The summed E-state index contributed by atoms with van der Waals surface area (Å²) in [5.41, 5.74) is 7.18. The van der Waals surface area contributed by atoms with E-state index in [1.807, 2.05) is 31.1 Å². The summed E-state index contributed by atoms with van der Waals surface area (Å²) < 4.78 is 2.09. The molecular formula is C18H19N5OS. The molecule has 1 aliphatic rings. The lowest BCUT2D eigenvalue weighted by molar-refractivity contribution is 0.798. The molecule has 0 saturated carbocycles. The van der Waals surface area contributed by atoms with Crippen molar-refractivity contribution in [1.29, 1.82) is 0 Å². The van der Waals surface area contributed by atoms with Gasteiger partial charge in [-0.25, -0.2) is 14.6 Å². The van der Waals surface area contributed by atoms with E-state index in [1.165, 1.54) is 21.6 Å². The summed E-state index contributed by atoms with van der Waals surface area (Å²) in [5, 5.41) is 0.937. The fraction of sp³-hybridized carbons (Fsp3) is 0.278. The lowest BCUT2D eigenvalue weighted by atomic mass is 10.0. The Bertz CT molecular complexity index is 1090. The molecule has 0 unspecified atom stereocenters. The van der Waals surface area contributed by atoms with Crippen molar-refractivity contribution in [3.8, 4) is 0 Å². The number of thiophene rings is 1. The lowest BCUT2D eigenvalue weighted by Gasteiger charge is -2.15. The van der Waals surface area contributed by atoms with Gasteiger partial charge in [0.2, 0.25) is 0 Å². The third-order valence-electron chi connectivity index (χ3n) is 4.36. The minimum atomic E-state index is -0.0927. The molecule has 1 aliphatic carbocycles. The quantitative estimate of drug-likeness (QED) is 0.783. The molecule has 0 fully saturated rings. The van der Waals surface area contributed by atoms with Gasteiger partial charge in [-0.2, -0.15) is 0 Å². The van der Waals surface area contributed by atoms with Crippen LogP contribution in [-0.4, -0.2) is 28.7 Å². The zero-order valence-electron chi connectivity index (χ0n) is 14.4. The van der Waals surface area contributed by atoms with E-state index in [2.05, 4.69) is 28.4 Å². The standard InChI is InChI=1S/C18H19N5OS/c1-11-4-6-12(7-5-11)21-23-10-20-15-14-13(22(2)3)8-9-19-17(14)25-16(15)18(23)24/h4,6,8-10,21H,5,7H2,1-3H3. The molecule has 3 aromatic heterocycles. The summed E-state index contributed by atoms with van der Waals surface area (Å²) in [5.74, 6) is 0. The van der Waals surface area contributed by atoms with Crippen LogP contribution in [0.15, 0.2) is 46.8 Å². The molecule has 0 radical (unpaired) electrons. The van der Waals surface area contributed by atoms with Crippen LogP contribution in [0.4, 0.5) is 5.69 Å². The number of rotatable bonds is 3. The SMILES string of the molecule is CC1=CC=C(Nn2cnc3c(sc4nccc(N(C)C)c43)c2=O)CC1. The molecule has 0 spiro atoms. The van der Waals surface area contributed by atoms with Gasteiger partial charge >= 0.3 is 0 Å². The van der Waals surface area contributed by atoms with E-state index in [4.69, 9.17) is 0 Å². The van der Waals surface area contributed by atoms with Crippen molar-refractivity contribution in [2.45, 2.75) is 19.8 Å². The smallest absolute Gasteiger partial charge is 0.290 e. The lowest BCUT2D eigenvalue weighted by Crippen LogP contribution is -2.28. The zero-order valence-corrected chi connectivity index (χ0v) is 15.2. The molecule has 25 heavy (non-hydrogen) atoms. The highest BCUT2D eigenvalue weighted by molar-refractivity contribution is 7.25. The second-order valence-electron chi connectivity index (χ2n) is 6.42. The van der Waals surface area contributed by atoms with Gasteiger partial charge in [-0.05, 0) is 31.9 Å². The topological polar surface area (TPSA) is 63.1 Å². The van der Waals surface area contributed by atoms with Crippen molar-refractivity contribution in [3.63, 3.8) is 0 Å². The van der Waals surface area contributed by atoms with Gasteiger partial charge in [-0.1, -0.05) is 11.6 Å². The molecule has 0 atom stereocenters. The number of hydrogen-bond acceptors (Lipinski definition) is 6. The van der Waals surface area contributed by atoms with Crippen molar-refractivity contribution in [2.75, 3.05) is 24.4 Å². The second kappa shape index (κ2) is 6.00. The summed E-state index contributed by atoms with van der Waals surface area (Å²) >= 11 is 1.39. The molecule has 0 bridgehead atoms. The minimum absolute atomic E-state index is 0.0927. The average molecular weight is 353 g/mol. The Morgan fingerprint density at radius 2 is 2.08 bits per heavy atom. The Labute approximate surface area is 149 Å². The van der Waals surface area contributed by atoms with Gasteiger partial charge in [-0.3, -0.25) is 10.2 Å². The van der Waals surface area contributed by atoms with E-state index < -0.39 is 0 Å². The van der Waals surface area contributed by atoms with Gasteiger partial charge in [0.25, 0.3) is 5.56 Å². The number of fused-ring (bicyclic) bond motifs is 3. The Morgan fingerprint density at radius 1 is 1.24 bits per heavy atom. The Kier molecular flexibility index (Phi) is 3.80. The van der Waals surface area contributed by atoms with Crippen molar-refractivity contribution in [2.24, 2.45) is 0 Å². The van der Waals surface area contributed by atoms with Gasteiger partial charge in [0.05, 0.1) is 11.1 Å². The predicted octanol–water partition coefficient (Wildman–Crippen LogP) is 3.24. The van der Waals surface area contributed by atoms with Crippen LogP contribution in [0.5, 0.6) is 0 Å². The molecule has 0 saturated heterocycles. The van der Waals surface area contributed by atoms with E-state index >= 15 is 0 Å². The fourth-order valence-corrected chi connectivity index (χ4v) is 4.03. The van der Waals surface area contributed by atoms with Crippen LogP contribution in [0.25, 0.3) is 20.4 Å². The van der Waals surface area contributed by atoms with Crippen LogP contribution in [0.1, 0.15) is 19.8 Å². The number of allylic oxidation sites excluding steroid dienone is 4. The summed E-state index contributed by atoms with van der Waals surface area (Å²) in [6, 6.07) is 1.95. The first-order chi connectivity index (χ1) is 12.0. The van der Waals surface area contributed by atoms with Crippen LogP contribution in [0.3, 0.4) is 0 Å². The van der Waals surface area contributed by atoms with E-state index in [9.17, 15) is 4.79 Å². The molecule has 1 N–H and O–H groups in total. The first-order valence-corrected chi connectivity index (χ1v) is 8.96. The van der Waals surface area contributed by atoms with Crippen LogP contribution < -0.4 is 15.9 Å². The van der Waals surface area contributed by atoms with Crippen LogP contribution >= 0.6 is 11.3 Å². The van der Waals surface area contributed by atoms with Gasteiger partial charge in [0.15, 0.2) is 0 Å². The molecule has 128 valence electrons. The highest BCUT2D eigenvalue weighted by atomic mass is 32.1. The summed E-state index contributed by atoms with van der Waals surface area (Å²) in [6.07, 6.45) is 9.33. The third-order valence-corrected chi connectivity index (χ3v) is 5.44. The van der Waals surface area contributed by atoms with Gasteiger partial charge < -0.3 is 4.90 Å². The highest BCUT2D eigenvalue weighted by Gasteiger charge is 2.16. The number of hydrogen-bond donors (Lipinski definition) is 1. The van der Waals surface area contributed by atoms with Crippen molar-refractivity contribution < 1.29 is 0 Å². The maximum absolute atomic E-state index is 12.9. The Hall–Kier alpha value is -2.67. The largest absolute Gasteiger partial charge is 0.377 e. The maximum atomic E-state index is 12.9. The Morgan fingerprint density at radius 3 is 2.80 bits per heavy atom. The molecule has 0 amide bonds. The number of anilines is 1. The molecule has 7 heteroatoms. The molecule has 6 nitrogen and oxygen atoms in total. The average Bonchev–Trinajstić information content (AvgIpc) is 2.98. The summed E-state index contributed by atoms with van der Waals surface area (Å²) in [7, 11) is 3.96. The molecule has 4 rings (SSSR count). The monoisotopic (exact) mass is 353 g/mol. The summed E-state index contributed by atoms with van der Waals surface area (Å²) in [4.78, 5) is 24.7. The first kappa shape index (κ1) is 15.8. The predicted molar refractivity (Wildman–Crippen MR) is 104 cm³/mol. The third kappa shape index (κ3) is 2.70.